The lowest BCUT2D eigenvalue weighted by molar-refractivity contribution is 0.251. The number of hydrogen-bond donors (Lipinski definition) is 1. The fourth-order valence-electron chi connectivity index (χ4n) is 4.39. The van der Waals surface area contributed by atoms with Crippen molar-refractivity contribution in [3.05, 3.63) is 21.7 Å². The summed E-state index contributed by atoms with van der Waals surface area (Å²) in [7, 11) is 2.19. The van der Waals surface area contributed by atoms with Crippen molar-refractivity contribution in [3.8, 4) is 11.5 Å². The molecule has 1 aromatic rings. The van der Waals surface area contributed by atoms with E-state index >= 15 is 0 Å². The second-order valence-electron chi connectivity index (χ2n) is 7.04. The number of ether oxygens (including phenoxy) is 2. The molecule has 3 aliphatic heterocycles. The highest BCUT2D eigenvalue weighted by molar-refractivity contribution is 6.33. The van der Waals surface area contributed by atoms with E-state index in [0.717, 1.165) is 80.5 Å². The van der Waals surface area contributed by atoms with Crippen molar-refractivity contribution in [1.29, 1.82) is 0 Å². The molecule has 4 rings (SSSR count). The summed E-state index contributed by atoms with van der Waals surface area (Å²) in [6.45, 7) is 3.34. The molecular formula is C18H25ClN2O2. The lowest BCUT2D eigenvalue weighted by Gasteiger charge is -2.33. The first-order valence-corrected chi connectivity index (χ1v) is 9.11. The number of fused-ring (bicyclic) bond motifs is 2. The molecule has 0 radical (unpaired) electrons. The molecule has 0 saturated carbocycles. The lowest BCUT2D eigenvalue weighted by Crippen LogP contribution is -2.24. The highest BCUT2D eigenvalue weighted by Crippen LogP contribution is 2.51. The minimum Gasteiger partial charge on any atom is -0.493 e. The zero-order valence-corrected chi connectivity index (χ0v) is 14.5. The van der Waals surface area contributed by atoms with Crippen LogP contribution in [0.15, 0.2) is 0 Å². The number of benzene rings is 1. The quantitative estimate of drug-likeness (QED) is 0.902. The molecule has 0 aliphatic carbocycles. The number of rotatable bonds is 2. The third kappa shape index (κ3) is 2.51. The predicted octanol–water partition coefficient (Wildman–Crippen LogP) is 2.94. The Balaban J connectivity index is 1.87. The van der Waals surface area contributed by atoms with Gasteiger partial charge in [0.15, 0.2) is 0 Å². The van der Waals surface area contributed by atoms with Crippen molar-refractivity contribution in [2.75, 3.05) is 33.4 Å². The van der Waals surface area contributed by atoms with Crippen LogP contribution in [0.3, 0.4) is 0 Å². The van der Waals surface area contributed by atoms with Crippen molar-refractivity contribution in [2.45, 2.75) is 38.1 Å². The average Bonchev–Trinajstić information content (AvgIpc) is 2.96. The Bertz CT molecular complexity index is 583. The highest BCUT2D eigenvalue weighted by atomic mass is 35.5. The van der Waals surface area contributed by atoms with E-state index in [4.69, 9.17) is 26.8 Å². The number of nitrogens with zero attached hydrogens (tertiary/aromatic N) is 1. The minimum atomic E-state index is 0.364. The zero-order valence-electron chi connectivity index (χ0n) is 13.7. The maximum atomic E-state index is 6.68. The monoisotopic (exact) mass is 336 g/mol. The van der Waals surface area contributed by atoms with E-state index in [0.29, 0.717) is 12.0 Å². The normalized spacial score (nSPS) is 27.1. The molecular weight excluding hydrogens is 312 g/mol. The van der Waals surface area contributed by atoms with Gasteiger partial charge in [0.2, 0.25) is 0 Å². The Hall–Kier alpha value is -0.970. The fraction of sp³-hybridized carbons (Fsp3) is 0.667. The Kier molecular flexibility index (Phi) is 4.16. The Morgan fingerprint density at radius 1 is 1.13 bits per heavy atom. The minimum absolute atomic E-state index is 0.364. The molecule has 1 saturated heterocycles. The Morgan fingerprint density at radius 3 is 2.52 bits per heavy atom. The highest BCUT2D eigenvalue weighted by Gasteiger charge is 2.37. The number of halogens is 1. The van der Waals surface area contributed by atoms with E-state index < -0.39 is 0 Å². The Morgan fingerprint density at radius 2 is 1.83 bits per heavy atom. The van der Waals surface area contributed by atoms with E-state index in [1.54, 1.807) is 0 Å². The van der Waals surface area contributed by atoms with E-state index in [2.05, 4.69) is 11.9 Å². The third-order valence-corrected chi connectivity index (χ3v) is 5.92. The molecule has 2 unspecified atom stereocenters. The first kappa shape index (κ1) is 15.6. The van der Waals surface area contributed by atoms with E-state index in [9.17, 15) is 0 Å². The van der Waals surface area contributed by atoms with Crippen molar-refractivity contribution < 1.29 is 9.47 Å². The lowest BCUT2D eigenvalue weighted by atomic mass is 9.87. The van der Waals surface area contributed by atoms with Crippen LogP contribution < -0.4 is 15.2 Å². The summed E-state index contributed by atoms with van der Waals surface area (Å²) in [5.74, 6) is 2.52. The van der Waals surface area contributed by atoms with Crippen LogP contribution in [0, 0.1) is 5.92 Å². The standard InChI is InChI=1S/C18H25ClN2O2/c1-21-10-11(9-20)8-14(21)15-12-4-2-7-23-18(12)16(19)13-5-3-6-22-17(13)15/h11,14H,2-10,20H2,1H3. The summed E-state index contributed by atoms with van der Waals surface area (Å²) in [5.41, 5.74) is 9.69. The van der Waals surface area contributed by atoms with Crippen molar-refractivity contribution >= 4 is 11.6 Å². The van der Waals surface area contributed by atoms with E-state index in [1.165, 1.54) is 11.1 Å². The summed E-state index contributed by atoms with van der Waals surface area (Å²) >= 11 is 6.68. The van der Waals surface area contributed by atoms with Gasteiger partial charge in [0, 0.05) is 29.3 Å². The molecule has 1 aromatic carbocycles. The van der Waals surface area contributed by atoms with E-state index in [1.807, 2.05) is 0 Å². The molecule has 2 N–H and O–H groups in total. The summed E-state index contributed by atoms with van der Waals surface area (Å²) in [6.07, 6.45) is 5.17. The molecule has 3 aliphatic rings. The van der Waals surface area contributed by atoms with Gasteiger partial charge in [-0.3, -0.25) is 4.90 Å². The molecule has 0 aromatic heterocycles. The van der Waals surface area contributed by atoms with Crippen LogP contribution in [-0.2, 0) is 12.8 Å². The van der Waals surface area contributed by atoms with Crippen molar-refractivity contribution in [3.63, 3.8) is 0 Å². The van der Waals surface area contributed by atoms with Gasteiger partial charge >= 0.3 is 0 Å². The fourth-order valence-corrected chi connectivity index (χ4v) is 4.74. The van der Waals surface area contributed by atoms with Gasteiger partial charge in [0.1, 0.15) is 11.5 Å². The third-order valence-electron chi connectivity index (χ3n) is 5.52. The summed E-state index contributed by atoms with van der Waals surface area (Å²) < 4.78 is 12.1. The van der Waals surface area contributed by atoms with Crippen LogP contribution >= 0.6 is 11.6 Å². The van der Waals surface area contributed by atoms with Crippen LogP contribution in [0.5, 0.6) is 11.5 Å². The van der Waals surface area contributed by atoms with Gasteiger partial charge in [-0.15, -0.1) is 0 Å². The smallest absolute Gasteiger partial charge is 0.141 e. The maximum Gasteiger partial charge on any atom is 0.141 e. The molecule has 0 spiro atoms. The topological polar surface area (TPSA) is 47.7 Å². The molecule has 3 heterocycles. The van der Waals surface area contributed by atoms with Gasteiger partial charge in [0.25, 0.3) is 0 Å². The number of hydrogen-bond acceptors (Lipinski definition) is 4. The number of likely N-dealkylation sites (tertiary alicyclic amines) is 1. The molecule has 0 amide bonds. The first-order valence-electron chi connectivity index (χ1n) is 8.73. The molecule has 0 bridgehead atoms. The van der Waals surface area contributed by atoms with Crippen LogP contribution in [0.25, 0.3) is 0 Å². The second kappa shape index (κ2) is 6.15. The zero-order chi connectivity index (χ0) is 16.0. The largest absolute Gasteiger partial charge is 0.493 e. The molecule has 23 heavy (non-hydrogen) atoms. The van der Waals surface area contributed by atoms with Crippen LogP contribution in [0.1, 0.15) is 42.0 Å². The van der Waals surface area contributed by atoms with Gasteiger partial charge in [0.05, 0.1) is 18.2 Å². The average molecular weight is 337 g/mol. The SMILES string of the molecule is CN1CC(CN)CC1c1c2c(c(Cl)c3c1OCCC3)OCCC2. The summed E-state index contributed by atoms with van der Waals surface area (Å²) in [5, 5.41) is 0.786. The first-order chi connectivity index (χ1) is 11.2. The van der Waals surface area contributed by atoms with Crippen LogP contribution in [-0.4, -0.2) is 38.3 Å². The van der Waals surface area contributed by atoms with Crippen LogP contribution in [0.4, 0.5) is 0 Å². The van der Waals surface area contributed by atoms with Gasteiger partial charge in [-0.05, 0) is 51.6 Å². The summed E-state index contributed by atoms with van der Waals surface area (Å²) in [6, 6.07) is 0.364. The predicted molar refractivity (Wildman–Crippen MR) is 91.6 cm³/mol. The maximum absolute atomic E-state index is 6.68. The van der Waals surface area contributed by atoms with Crippen molar-refractivity contribution in [2.24, 2.45) is 11.7 Å². The van der Waals surface area contributed by atoms with Gasteiger partial charge in [-0.2, -0.15) is 0 Å². The molecule has 126 valence electrons. The molecule has 2 atom stereocenters. The Labute approximate surface area is 142 Å². The van der Waals surface area contributed by atoms with E-state index in [-0.39, 0.29) is 0 Å². The van der Waals surface area contributed by atoms with Crippen molar-refractivity contribution in [1.82, 2.24) is 4.90 Å². The van der Waals surface area contributed by atoms with Crippen LogP contribution in [0.2, 0.25) is 5.02 Å². The number of nitrogens with two attached hydrogens (primary N) is 1. The van der Waals surface area contributed by atoms with Gasteiger partial charge in [-0.1, -0.05) is 11.6 Å². The molecule has 4 nitrogen and oxygen atoms in total. The summed E-state index contributed by atoms with van der Waals surface area (Å²) in [4.78, 5) is 2.42. The second-order valence-corrected chi connectivity index (χ2v) is 7.42. The van der Waals surface area contributed by atoms with Gasteiger partial charge < -0.3 is 15.2 Å². The molecule has 1 fully saturated rings. The van der Waals surface area contributed by atoms with Gasteiger partial charge in [-0.25, -0.2) is 0 Å². The molecule has 5 heteroatoms.